The smallest absolute Gasteiger partial charge is 0.173 e. The minimum atomic E-state index is -0.546. The van der Waals surface area contributed by atoms with Crippen molar-refractivity contribution in [2.24, 2.45) is 0 Å². The van der Waals surface area contributed by atoms with Gasteiger partial charge in [0.25, 0.3) is 0 Å². The number of aliphatic hydroxyl groups excluding tert-OH is 1. The van der Waals surface area contributed by atoms with E-state index < -0.39 is 5.82 Å². The van der Waals surface area contributed by atoms with E-state index in [9.17, 15) is 9.50 Å². The van der Waals surface area contributed by atoms with Crippen LogP contribution in [0.4, 0.5) is 4.39 Å². The van der Waals surface area contributed by atoms with Crippen molar-refractivity contribution in [2.45, 2.75) is 6.54 Å². The van der Waals surface area contributed by atoms with Gasteiger partial charge in [-0.15, -0.1) is 0 Å². The van der Waals surface area contributed by atoms with Crippen molar-refractivity contribution in [3.8, 4) is 28.3 Å². The number of aromatic nitrogens is 2. The zero-order valence-corrected chi connectivity index (χ0v) is 13.8. The predicted molar refractivity (Wildman–Crippen MR) is 91.7 cm³/mol. The van der Waals surface area contributed by atoms with E-state index in [2.05, 4.69) is 4.98 Å². The summed E-state index contributed by atoms with van der Waals surface area (Å²) >= 11 is 6.14. The van der Waals surface area contributed by atoms with E-state index in [1.165, 1.54) is 13.2 Å². The fourth-order valence-corrected chi connectivity index (χ4v) is 2.95. The molecule has 0 fully saturated rings. The Morgan fingerprint density at radius 2 is 1.96 bits per heavy atom. The third-order valence-corrected chi connectivity index (χ3v) is 3.98. The molecule has 24 heavy (non-hydrogen) atoms. The van der Waals surface area contributed by atoms with Crippen LogP contribution in [0.15, 0.2) is 48.8 Å². The monoisotopic (exact) mass is 346 g/mol. The van der Waals surface area contributed by atoms with Gasteiger partial charge in [0.1, 0.15) is 0 Å². The Hall–Kier alpha value is -2.37. The quantitative estimate of drug-likeness (QED) is 0.759. The number of aliphatic hydroxyl groups is 1. The van der Waals surface area contributed by atoms with Crippen LogP contribution in [0.2, 0.25) is 5.02 Å². The summed E-state index contributed by atoms with van der Waals surface area (Å²) < 4.78 is 21.0. The third-order valence-electron chi connectivity index (χ3n) is 3.70. The summed E-state index contributed by atoms with van der Waals surface area (Å²) in [5.41, 5.74) is 2.86. The van der Waals surface area contributed by atoms with Gasteiger partial charge in [-0.1, -0.05) is 41.9 Å². The van der Waals surface area contributed by atoms with Crippen LogP contribution in [0.5, 0.6) is 5.75 Å². The summed E-state index contributed by atoms with van der Waals surface area (Å²) in [6.07, 6.45) is 1.63. The second-order valence-corrected chi connectivity index (χ2v) is 5.61. The van der Waals surface area contributed by atoms with E-state index in [4.69, 9.17) is 16.3 Å². The Labute approximate surface area is 144 Å². The molecular weight excluding hydrogens is 331 g/mol. The highest BCUT2D eigenvalue weighted by Gasteiger charge is 2.18. The van der Waals surface area contributed by atoms with Crippen LogP contribution in [0.3, 0.4) is 0 Å². The third kappa shape index (κ3) is 3.00. The Bertz CT molecular complexity index is 826. The number of benzene rings is 2. The van der Waals surface area contributed by atoms with Crippen molar-refractivity contribution in [1.29, 1.82) is 0 Å². The first-order valence-electron chi connectivity index (χ1n) is 7.40. The minimum Gasteiger partial charge on any atom is -0.492 e. The summed E-state index contributed by atoms with van der Waals surface area (Å²) in [6.45, 7) is 0.296. The SMILES string of the molecule is COc1c(F)cc(-c2c(-c3ccccc3)ncn2CCO)cc1Cl. The molecule has 0 aliphatic rings. The zero-order valence-electron chi connectivity index (χ0n) is 13.0. The highest BCUT2D eigenvalue weighted by atomic mass is 35.5. The van der Waals surface area contributed by atoms with Crippen molar-refractivity contribution in [1.82, 2.24) is 9.55 Å². The maximum absolute atomic E-state index is 14.3. The first-order chi connectivity index (χ1) is 11.7. The molecule has 4 nitrogen and oxygen atoms in total. The van der Waals surface area contributed by atoms with Gasteiger partial charge >= 0.3 is 0 Å². The average Bonchev–Trinajstić information content (AvgIpc) is 2.99. The number of hydrogen-bond donors (Lipinski definition) is 1. The first kappa shape index (κ1) is 16.5. The molecule has 0 aliphatic carbocycles. The maximum Gasteiger partial charge on any atom is 0.173 e. The summed E-state index contributed by atoms with van der Waals surface area (Å²) in [6, 6.07) is 12.6. The number of hydrogen-bond acceptors (Lipinski definition) is 3. The van der Waals surface area contributed by atoms with Gasteiger partial charge in [-0.25, -0.2) is 9.37 Å². The highest BCUT2D eigenvalue weighted by Crippen LogP contribution is 2.37. The molecule has 0 aliphatic heterocycles. The van der Waals surface area contributed by atoms with Gasteiger partial charge in [-0.05, 0) is 12.1 Å². The molecule has 3 aromatic rings. The van der Waals surface area contributed by atoms with Gasteiger partial charge in [-0.2, -0.15) is 0 Å². The van der Waals surface area contributed by atoms with Crippen LogP contribution in [-0.4, -0.2) is 28.4 Å². The summed E-state index contributed by atoms with van der Waals surface area (Å²) in [7, 11) is 1.37. The van der Waals surface area contributed by atoms with Gasteiger partial charge < -0.3 is 14.4 Å². The van der Waals surface area contributed by atoms with Crippen molar-refractivity contribution < 1.29 is 14.2 Å². The molecule has 0 atom stereocenters. The largest absolute Gasteiger partial charge is 0.492 e. The molecule has 0 saturated carbocycles. The lowest BCUT2D eigenvalue weighted by Gasteiger charge is -2.12. The highest BCUT2D eigenvalue weighted by molar-refractivity contribution is 6.32. The lowest BCUT2D eigenvalue weighted by atomic mass is 10.0. The predicted octanol–water partition coefficient (Wildman–Crippen LogP) is 4.01. The number of ether oxygens (including phenoxy) is 1. The van der Waals surface area contributed by atoms with E-state index >= 15 is 0 Å². The molecule has 1 aromatic heterocycles. The molecule has 6 heteroatoms. The Balaban J connectivity index is 2.21. The number of imidazole rings is 1. The van der Waals surface area contributed by atoms with Crippen LogP contribution >= 0.6 is 11.6 Å². The van der Waals surface area contributed by atoms with Crippen LogP contribution in [0.25, 0.3) is 22.5 Å². The van der Waals surface area contributed by atoms with Crippen LogP contribution in [-0.2, 0) is 6.54 Å². The van der Waals surface area contributed by atoms with E-state index in [-0.39, 0.29) is 17.4 Å². The van der Waals surface area contributed by atoms with Gasteiger partial charge in [0.05, 0.1) is 36.5 Å². The molecular formula is C18H16ClFN2O2. The molecule has 0 spiro atoms. The van der Waals surface area contributed by atoms with E-state index in [0.29, 0.717) is 23.5 Å². The zero-order chi connectivity index (χ0) is 17.1. The number of rotatable bonds is 5. The maximum atomic E-state index is 14.3. The van der Waals surface area contributed by atoms with Crippen molar-refractivity contribution >= 4 is 11.6 Å². The summed E-state index contributed by atoms with van der Waals surface area (Å²) in [5.74, 6) is -0.536. The molecule has 0 saturated heterocycles. The van der Waals surface area contributed by atoms with Crippen LogP contribution < -0.4 is 4.74 Å². The molecule has 0 unspecified atom stereocenters. The molecule has 124 valence electrons. The number of methoxy groups -OCH3 is 1. The van der Waals surface area contributed by atoms with Crippen LogP contribution in [0.1, 0.15) is 0 Å². The fraction of sp³-hybridized carbons (Fsp3) is 0.167. The molecule has 1 N–H and O–H groups in total. The topological polar surface area (TPSA) is 47.3 Å². The summed E-state index contributed by atoms with van der Waals surface area (Å²) in [4.78, 5) is 4.44. The van der Waals surface area contributed by atoms with Gasteiger partial charge in [-0.3, -0.25) is 0 Å². The van der Waals surface area contributed by atoms with Gasteiger partial charge in [0.15, 0.2) is 11.6 Å². The Morgan fingerprint density at radius 1 is 1.21 bits per heavy atom. The molecule has 0 amide bonds. The van der Waals surface area contributed by atoms with Crippen molar-refractivity contribution in [3.05, 3.63) is 59.6 Å². The second-order valence-electron chi connectivity index (χ2n) is 5.20. The fourth-order valence-electron chi connectivity index (χ4n) is 2.66. The normalized spacial score (nSPS) is 10.8. The van der Waals surface area contributed by atoms with E-state index in [1.54, 1.807) is 17.0 Å². The Morgan fingerprint density at radius 3 is 2.58 bits per heavy atom. The average molecular weight is 347 g/mol. The molecule has 2 aromatic carbocycles. The number of nitrogens with zero attached hydrogens (tertiary/aromatic N) is 2. The standard InChI is InChI=1S/C18H16ClFN2O2/c1-24-18-14(19)9-13(10-15(18)20)17-16(12-5-3-2-4-6-12)21-11-22(17)7-8-23/h2-6,9-11,23H,7-8H2,1H3. The lowest BCUT2D eigenvalue weighted by Crippen LogP contribution is -2.03. The lowest BCUT2D eigenvalue weighted by molar-refractivity contribution is 0.276. The van der Waals surface area contributed by atoms with E-state index in [0.717, 1.165) is 5.56 Å². The van der Waals surface area contributed by atoms with Gasteiger partial charge in [0.2, 0.25) is 0 Å². The summed E-state index contributed by atoms with van der Waals surface area (Å²) in [5, 5.41) is 9.48. The number of halogens is 2. The molecule has 0 bridgehead atoms. The first-order valence-corrected chi connectivity index (χ1v) is 7.78. The van der Waals surface area contributed by atoms with Gasteiger partial charge in [0, 0.05) is 17.7 Å². The molecule has 3 rings (SSSR count). The molecule has 0 radical (unpaired) electrons. The van der Waals surface area contributed by atoms with Crippen molar-refractivity contribution in [2.75, 3.05) is 13.7 Å². The van der Waals surface area contributed by atoms with E-state index in [1.807, 2.05) is 30.3 Å². The van der Waals surface area contributed by atoms with Crippen LogP contribution in [0, 0.1) is 5.82 Å². The second kappa shape index (κ2) is 7.03. The molecule has 1 heterocycles. The van der Waals surface area contributed by atoms with Crippen molar-refractivity contribution in [3.63, 3.8) is 0 Å². The Kier molecular flexibility index (Phi) is 4.83. The minimum absolute atomic E-state index is 0.00917.